The third kappa shape index (κ3) is 3.70. The van der Waals surface area contributed by atoms with E-state index >= 15 is 0 Å². The number of alkyl halides is 1. The summed E-state index contributed by atoms with van der Waals surface area (Å²) in [5.74, 6) is 0.450. The van der Waals surface area contributed by atoms with Crippen LogP contribution in [0.1, 0.15) is 44.1 Å². The summed E-state index contributed by atoms with van der Waals surface area (Å²) >= 11 is 6.47. The topological polar surface area (TPSA) is 0 Å². The van der Waals surface area contributed by atoms with Crippen LogP contribution in [0.25, 0.3) is 0 Å². The van der Waals surface area contributed by atoms with Crippen molar-refractivity contribution in [2.24, 2.45) is 5.92 Å². The molecule has 2 rings (SSSR count). The van der Waals surface area contributed by atoms with E-state index in [1.807, 2.05) is 12.1 Å². The predicted molar refractivity (Wildman–Crippen MR) is 70.9 cm³/mol. The second-order valence-corrected chi connectivity index (χ2v) is 5.62. The van der Waals surface area contributed by atoms with Crippen molar-refractivity contribution in [3.63, 3.8) is 0 Å². The molecule has 0 nitrogen and oxygen atoms in total. The molecule has 1 unspecified atom stereocenters. The van der Waals surface area contributed by atoms with Crippen molar-refractivity contribution in [1.29, 1.82) is 0 Å². The third-order valence-corrected chi connectivity index (χ3v) is 4.29. The fraction of sp³-hybridized carbons (Fsp3) is 0.600. The number of rotatable bonds is 3. The van der Waals surface area contributed by atoms with Crippen molar-refractivity contribution in [3.8, 4) is 0 Å². The van der Waals surface area contributed by atoms with Crippen LogP contribution in [0.3, 0.4) is 0 Å². The summed E-state index contributed by atoms with van der Waals surface area (Å²) < 4.78 is 13.5. The number of hydrogen-bond donors (Lipinski definition) is 0. The van der Waals surface area contributed by atoms with Crippen LogP contribution >= 0.6 is 11.6 Å². The maximum absolute atomic E-state index is 13.5. The Balaban J connectivity index is 1.95. The van der Waals surface area contributed by atoms with Gasteiger partial charge < -0.3 is 0 Å². The SMILES string of the molecule is Fc1ccccc1CC(Cl)C1CCCCCC1. The lowest BCUT2D eigenvalue weighted by atomic mass is 9.92. The van der Waals surface area contributed by atoms with Crippen LogP contribution in [-0.4, -0.2) is 5.38 Å². The van der Waals surface area contributed by atoms with E-state index in [1.54, 1.807) is 6.07 Å². The van der Waals surface area contributed by atoms with Gasteiger partial charge in [-0.05, 0) is 36.8 Å². The second-order valence-electron chi connectivity index (χ2n) is 5.06. The molecule has 0 N–H and O–H groups in total. The van der Waals surface area contributed by atoms with Gasteiger partial charge in [-0.15, -0.1) is 11.6 Å². The van der Waals surface area contributed by atoms with E-state index < -0.39 is 0 Å². The van der Waals surface area contributed by atoms with Gasteiger partial charge in [0.2, 0.25) is 0 Å². The lowest BCUT2D eigenvalue weighted by Gasteiger charge is -2.20. The molecule has 2 heteroatoms. The fourth-order valence-corrected chi connectivity index (χ4v) is 3.13. The molecule has 0 saturated heterocycles. The van der Waals surface area contributed by atoms with Gasteiger partial charge in [0.1, 0.15) is 5.82 Å². The molecule has 1 aliphatic rings. The summed E-state index contributed by atoms with van der Waals surface area (Å²) in [7, 11) is 0. The summed E-state index contributed by atoms with van der Waals surface area (Å²) in [6.45, 7) is 0. The van der Waals surface area contributed by atoms with Crippen molar-refractivity contribution >= 4 is 11.6 Å². The zero-order valence-electron chi connectivity index (χ0n) is 10.2. The van der Waals surface area contributed by atoms with Crippen LogP contribution < -0.4 is 0 Å². The first-order valence-corrected chi connectivity index (χ1v) is 7.08. The highest BCUT2D eigenvalue weighted by Crippen LogP contribution is 2.30. The highest BCUT2D eigenvalue weighted by molar-refractivity contribution is 6.20. The van der Waals surface area contributed by atoms with Gasteiger partial charge in [-0.25, -0.2) is 4.39 Å². The van der Waals surface area contributed by atoms with Crippen LogP contribution in [0.15, 0.2) is 24.3 Å². The Kier molecular flexibility index (Phi) is 4.85. The van der Waals surface area contributed by atoms with Gasteiger partial charge >= 0.3 is 0 Å². The first-order chi connectivity index (χ1) is 8.27. The van der Waals surface area contributed by atoms with Gasteiger partial charge in [0.05, 0.1) is 0 Å². The van der Waals surface area contributed by atoms with Gasteiger partial charge in [-0.2, -0.15) is 0 Å². The number of hydrogen-bond acceptors (Lipinski definition) is 0. The average molecular weight is 255 g/mol. The number of benzene rings is 1. The quantitative estimate of drug-likeness (QED) is 0.529. The molecule has 0 radical (unpaired) electrons. The van der Waals surface area contributed by atoms with Crippen LogP contribution in [-0.2, 0) is 6.42 Å². The molecule has 1 aliphatic carbocycles. The van der Waals surface area contributed by atoms with Gasteiger partial charge in [0.15, 0.2) is 0 Å². The first kappa shape index (κ1) is 12.9. The molecule has 0 aromatic heterocycles. The largest absolute Gasteiger partial charge is 0.207 e. The molecule has 1 aromatic carbocycles. The van der Waals surface area contributed by atoms with Gasteiger partial charge in [0.25, 0.3) is 0 Å². The Morgan fingerprint density at radius 2 is 1.76 bits per heavy atom. The maximum atomic E-state index is 13.5. The molecule has 94 valence electrons. The smallest absolute Gasteiger partial charge is 0.126 e. The molecule has 1 aromatic rings. The molecule has 1 fully saturated rings. The van der Waals surface area contributed by atoms with Gasteiger partial charge in [-0.1, -0.05) is 43.9 Å². The summed E-state index contributed by atoms with van der Waals surface area (Å²) in [5.41, 5.74) is 0.761. The first-order valence-electron chi connectivity index (χ1n) is 6.65. The molecule has 0 heterocycles. The minimum atomic E-state index is -0.119. The Bertz CT molecular complexity index is 343. The van der Waals surface area contributed by atoms with E-state index in [0.717, 1.165) is 5.56 Å². The monoisotopic (exact) mass is 254 g/mol. The lowest BCUT2D eigenvalue weighted by molar-refractivity contribution is 0.431. The third-order valence-electron chi connectivity index (χ3n) is 3.78. The molecule has 1 saturated carbocycles. The average Bonchev–Trinajstić information content (AvgIpc) is 2.61. The van der Waals surface area contributed by atoms with E-state index in [1.165, 1.54) is 44.6 Å². The summed E-state index contributed by atoms with van der Waals surface area (Å²) in [6, 6.07) is 6.98. The summed E-state index contributed by atoms with van der Waals surface area (Å²) in [4.78, 5) is 0. The lowest BCUT2D eigenvalue weighted by Crippen LogP contribution is -2.17. The fourth-order valence-electron chi connectivity index (χ4n) is 2.71. The molecule has 0 spiro atoms. The Morgan fingerprint density at radius 3 is 2.41 bits per heavy atom. The van der Waals surface area contributed by atoms with Gasteiger partial charge in [0, 0.05) is 5.38 Å². The van der Waals surface area contributed by atoms with Crippen molar-refractivity contribution in [2.45, 2.75) is 50.3 Å². The van der Waals surface area contributed by atoms with Crippen LogP contribution in [0, 0.1) is 11.7 Å². The van der Waals surface area contributed by atoms with Crippen LogP contribution in [0.4, 0.5) is 4.39 Å². The molecule has 0 bridgehead atoms. The summed E-state index contributed by atoms with van der Waals surface area (Å²) in [5, 5.41) is 0.0880. The molecule has 0 amide bonds. The number of halogens is 2. The van der Waals surface area contributed by atoms with Crippen molar-refractivity contribution < 1.29 is 4.39 Å². The molecular formula is C15H20ClF. The Labute approximate surface area is 108 Å². The molecule has 0 aliphatic heterocycles. The van der Waals surface area contributed by atoms with Crippen LogP contribution in [0.2, 0.25) is 0 Å². The standard InChI is InChI=1S/C15H20ClF/c16-14(12-7-3-1-2-4-8-12)11-13-9-5-6-10-15(13)17/h5-6,9-10,12,14H,1-4,7-8,11H2. The van der Waals surface area contributed by atoms with Gasteiger partial charge in [-0.3, -0.25) is 0 Å². The molecule has 1 atom stereocenters. The zero-order valence-corrected chi connectivity index (χ0v) is 10.9. The maximum Gasteiger partial charge on any atom is 0.126 e. The summed E-state index contributed by atoms with van der Waals surface area (Å²) in [6.07, 6.45) is 8.32. The van der Waals surface area contributed by atoms with Crippen molar-refractivity contribution in [2.75, 3.05) is 0 Å². The van der Waals surface area contributed by atoms with E-state index in [9.17, 15) is 4.39 Å². The van der Waals surface area contributed by atoms with E-state index in [0.29, 0.717) is 12.3 Å². The van der Waals surface area contributed by atoms with Crippen LogP contribution in [0.5, 0.6) is 0 Å². The highest BCUT2D eigenvalue weighted by Gasteiger charge is 2.21. The Morgan fingerprint density at radius 1 is 1.12 bits per heavy atom. The Hall–Kier alpha value is -0.560. The zero-order chi connectivity index (χ0) is 12.1. The predicted octanol–water partition coefficient (Wildman–Crippen LogP) is 4.95. The molecule has 17 heavy (non-hydrogen) atoms. The second kappa shape index (κ2) is 6.39. The van der Waals surface area contributed by atoms with E-state index in [4.69, 9.17) is 11.6 Å². The molecular weight excluding hydrogens is 235 g/mol. The normalized spacial score (nSPS) is 19.9. The van der Waals surface area contributed by atoms with Crippen molar-refractivity contribution in [3.05, 3.63) is 35.6 Å². The minimum absolute atomic E-state index is 0.0880. The minimum Gasteiger partial charge on any atom is -0.207 e. The van der Waals surface area contributed by atoms with E-state index in [2.05, 4.69) is 0 Å². The van der Waals surface area contributed by atoms with E-state index in [-0.39, 0.29) is 11.2 Å². The van der Waals surface area contributed by atoms with Crippen molar-refractivity contribution in [1.82, 2.24) is 0 Å². The highest BCUT2D eigenvalue weighted by atomic mass is 35.5.